The maximum absolute atomic E-state index is 12.6. The molecule has 1 atom stereocenters. The van der Waals surface area contributed by atoms with E-state index in [1.165, 1.54) is 6.07 Å². The van der Waals surface area contributed by atoms with E-state index in [1.807, 2.05) is 67.6 Å². The Kier molecular flexibility index (Phi) is 5.00. The summed E-state index contributed by atoms with van der Waals surface area (Å²) in [5.74, 6) is 0.409. The van der Waals surface area contributed by atoms with Crippen LogP contribution in [0.25, 0.3) is 22.1 Å². The van der Waals surface area contributed by atoms with Crippen LogP contribution in [0.3, 0.4) is 0 Å². The number of hydrogen-bond donors (Lipinski definition) is 0. The van der Waals surface area contributed by atoms with Crippen LogP contribution < -0.4 is 10.4 Å². The number of Topliss-reactive ketones (excluding diaryl/α,β-unsaturated/α-hetero) is 1. The van der Waals surface area contributed by atoms with Crippen LogP contribution in [-0.4, -0.2) is 11.9 Å². The summed E-state index contributed by atoms with van der Waals surface area (Å²) >= 11 is 0. The summed E-state index contributed by atoms with van der Waals surface area (Å²) < 4.78 is 11.4. The van der Waals surface area contributed by atoms with Crippen LogP contribution in [0.4, 0.5) is 0 Å². The van der Waals surface area contributed by atoms with Gasteiger partial charge in [0.15, 0.2) is 6.10 Å². The zero-order valence-electron chi connectivity index (χ0n) is 16.2. The molecule has 0 aliphatic carbocycles. The highest BCUT2D eigenvalue weighted by Crippen LogP contribution is 2.33. The minimum absolute atomic E-state index is 0.107. The van der Waals surface area contributed by atoms with E-state index in [2.05, 4.69) is 0 Å². The number of carbonyl (C=O) groups excluding carboxylic acids is 1. The van der Waals surface area contributed by atoms with Crippen molar-refractivity contribution >= 4 is 16.8 Å². The molecule has 4 heteroatoms. The third-order valence-electron chi connectivity index (χ3n) is 4.93. The van der Waals surface area contributed by atoms with E-state index in [4.69, 9.17) is 9.15 Å². The maximum Gasteiger partial charge on any atom is 0.336 e. The first-order valence-corrected chi connectivity index (χ1v) is 9.43. The molecule has 0 aliphatic rings. The molecule has 0 saturated heterocycles. The van der Waals surface area contributed by atoms with Gasteiger partial charge in [0, 0.05) is 22.6 Å². The normalized spacial score (nSPS) is 11.9. The first kappa shape index (κ1) is 18.7. The fraction of sp³-hybridized carbons (Fsp3) is 0.120. The molecule has 0 bridgehead atoms. The van der Waals surface area contributed by atoms with Gasteiger partial charge >= 0.3 is 5.63 Å². The van der Waals surface area contributed by atoms with Gasteiger partial charge in [-0.3, -0.25) is 4.79 Å². The molecule has 0 aliphatic heterocycles. The first-order valence-electron chi connectivity index (χ1n) is 9.43. The van der Waals surface area contributed by atoms with E-state index >= 15 is 0 Å². The highest BCUT2D eigenvalue weighted by atomic mass is 16.5. The average molecular weight is 384 g/mol. The van der Waals surface area contributed by atoms with Gasteiger partial charge in [-0.05, 0) is 37.1 Å². The lowest BCUT2D eigenvalue weighted by molar-refractivity contribution is 0.0817. The van der Waals surface area contributed by atoms with Crippen molar-refractivity contribution in [3.8, 4) is 16.9 Å². The topological polar surface area (TPSA) is 56.5 Å². The highest BCUT2D eigenvalue weighted by Gasteiger charge is 2.19. The van der Waals surface area contributed by atoms with Gasteiger partial charge < -0.3 is 9.15 Å². The summed E-state index contributed by atoms with van der Waals surface area (Å²) in [5.41, 5.74) is 3.06. The van der Waals surface area contributed by atoms with Crippen molar-refractivity contribution in [2.45, 2.75) is 20.0 Å². The van der Waals surface area contributed by atoms with E-state index in [1.54, 1.807) is 19.1 Å². The molecule has 0 spiro atoms. The molecular weight excluding hydrogens is 364 g/mol. The zero-order chi connectivity index (χ0) is 20.4. The lowest BCUT2D eigenvalue weighted by atomic mass is 10.00. The Bertz CT molecular complexity index is 1220. The van der Waals surface area contributed by atoms with Crippen LogP contribution in [0.15, 0.2) is 88.1 Å². The third kappa shape index (κ3) is 3.69. The van der Waals surface area contributed by atoms with E-state index in [0.717, 1.165) is 16.5 Å². The van der Waals surface area contributed by atoms with Gasteiger partial charge in [-0.15, -0.1) is 0 Å². The number of hydrogen-bond acceptors (Lipinski definition) is 4. The summed E-state index contributed by atoms with van der Waals surface area (Å²) in [7, 11) is 0. The lowest BCUT2D eigenvalue weighted by Gasteiger charge is -2.17. The zero-order valence-corrected chi connectivity index (χ0v) is 16.2. The van der Waals surface area contributed by atoms with Crippen LogP contribution in [-0.2, 0) is 0 Å². The standard InChI is InChI=1S/C25H20O4/c1-16-22(28-17(2)24(27)19-11-7-4-8-12-19)14-13-20-21(15-23(26)29-25(16)20)18-9-5-3-6-10-18/h3-15,17H,1-2H3. The Morgan fingerprint density at radius 1 is 0.931 bits per heavy atom. The molecule has 4 rings (SSSR count). The van der Waals surface area contributed by atoms with Crippen LogP contribution in [0, 0.1) is 6.92 Å². The van der Waals surface area contributed by atoms with Crippen LogP contribution in [0.2, 0.25) is 0 Å². The molecular formula is C25H20O4. The molecule has 0 radical (unpaired) electrons. The Labute approximate surface area is 168 Å². The molecule has 1 aromatic heterocycles. The molecule has 0 saturated carbocycles. The SMILES string of the molecule is Cc1c(OC(C)C(=O)c2ccccc2)ccc2c(-c3ccccc3)cc(=O)oc12. The van der Waals surface area contributed by atoms with E-state index < -0.39 is 11.7 Å². The number of ether oxygens (including phenoxy) is 1. The number of fused-ring (bicyclic) bond motifs is 1. The molecule has 144 valence electrons. The Hall–Kier alpha value is -3.66. The maximum atomic E-state index is 12.6. The van der Waals surface area contributed by atoms with E-state index in [9.17, 15) is 9.59 Å². The summed E-state index contributed by atoms with van der Waals surface area (Å²) in [5, 5.41) is 0.822. The number of aryl methyl sites for hydroxylation is 1. The van der Waals surface area contributed by atoms with Crippen LogP contribution in [0.5, 0.6) is 5.75 Å². The summed E-state index contributed by atoms with van der Waals surface area (Å²) in [6.07, 6.45) is -0.669. The van der Waals surface area contributed by atoms with Crippen molar-refractivity contribution in [3.05, 3.63) is 100 Å². The molecule has 29 heavy (non-hydrogen) atoms. The largest absolute Gasteiger partial charge is 0.482 e. The third-order valence-corrected chi connectivity index (χ3v) is 4.93. The number of carbonyl (C=O) groups is 1. The summed E-state index contributed by atoms with van der Waals surface area (Å²) in [6.45, 7) is 3.55. The Morgan fingerprint density at radius 2 is 1.59 bits per heavy atom. The number of rotatable bonds is 5. The van der Waals surface area contributed by atoms with Crippen molar-refractivity contribution < 1.29 is 13.9 Å². The second-order valence-corrected chi connectivity index (χ2v) is 6.90. The van der Waals surface area contributed by atoms with Gasteiger partial charge in [0.1, 0.15) is 11.3 Å². The van der Waals surface area contributed by atoms with Crippen molar-refractivity contribution in [2.75, 3.05) is 0 Å². The summed E-state index contributed by atoms with van der Waals surface area (Å²) in [6, 6.07) is 23.9. The quantitative estimate of drug-likeness (QED) is 0.341. The molecule has 4 aromatic rings. The Morgan fingerprint density at radius 3 is 2.28 bits per heavy atom. The van der Waals surface area contributed by atoms with Crippen molar-refractivity contribution in [2.24, 2.45) is 0 Å². The van der Waals surface area contributed by atoms with Gasteiger partial charge in [0.2, 0.25) is 5.78 Å². The van der Waals surface area contributed by atoms with Crippen LogP contribution >= 0.6 is 0 Å². The smallest absolute Gasteiger partial charge is 0.336 e. The van der Waals surface area contributed by atoms with Gasteiger partial charge in [0.05, 0.1) is 0 Å². The number of benzene rings is 3. The molecule has 1 heterocycles. The van der Waals surface area contributed by atoms with Crippen molar-refractivity contribution in [1.82, 2.24) is 0 Å². The molecule has 1 unspecified atom stereocenters. The first-order chi connectivity index (χ1) is 14.0. The predicted molar refractivity (Wildman–Crippen MR) is 114 cm³/mol. The van der Waals surface area contributed by atoms with Gasteiger partial charge in [-0.25, -0.2) is 4.79 Å². The van der Waals surface area contributed by atoms with Gasteiger partial charge in [-0.2, -0.15) is 0 Å². The minimum atomic E-state index is -0.669. The molecule has 0 fully saturated rings. The highest BCUT2D eigenvalue weighted by molar-refractivity contribution is 5.99. The van der Waals surface area contributed by atoms with Crippen molar-refractivity contribution in [3.63, 3.8) is 0 Å². The second kappa shape index (κ2) is 7.76. The number of ketones is 1. The molecule has 0 amide bonds. The monoisotopic (exact) mass is 384 g/mol. The van der Waals surface area contributed by atoms with E-state index in [-0.39, 0.29) is 5.78 Å². The second-order valence-electron chi connectivity index (χ2n) is 6.90. The molecule has 3 aromatic carbocycles. The molecule has 0 N–H and O–H groups in total. The van der Waals surface area contributed by atoms with Gasteiger partial charge in [0.25, 0.3) is 0 Å². The Balaban J connectivity index is 1.73. The van der Waals surface area contributed by atoms with E-state index in [0.29, 0.717) is 22.5 Å². The predicted octanol–water partition coefficient (Wildman–Crippen LogP) is 5.42. The lowest BCUT2D eigenvalue weighted by Crippen LogP contribution is -2.24. The van der Waals surface area contributed by atoms with Gasteiger partial charge in [-0.1, -0.05) is 60.7 Å². The fourth-order valence-corrected chi connectivity index (χ4v) is 3.41. The fourth-order valence-electron chi connectivity index (χ4n) is 3.41. The van der Waals surface area contributed by atoms with Crippen LogP contribution in [0.1, 0.15) is 22.8 Å². The summed E-state index contributed by atoms with van der Waals surface area (Å²) in [4.78, 5) is 24.8. The average Bonchev–Trinajstić information content (AvgIpc) is 2.76. The van der Waals surface area contributed by atoms with Crippen molar-refractivity contribution in [1.29, 1.82) is 0 Å². The minimum Gasteiger partial charge on any atom is -0.482 e. The molecule has 4 nitrogen and oxygen atoms in total.